The Balaban J connectivity index is 1.64. The summed E-state index contributed by atoms with van der Waals surface area (Å²) in [7, 11) is 1.65. The summed E-state index contributed by atoms with van der Waals surface area (Å²) in [5.41, 5.74) is 1.83. The van der Waals surface area contributed by atoms with Gasteiger partial charge in [-0.25, -0.2) is 4.79 Å². The Bertz CT molecular complexity index is 1180. The summed E-state index contributed by atoms with van der Waals surface area (Å²) in [6.07, 6.45) is 0. The standard InChI is InChI=1S/C28H34N4O4/c1-17(2)15-29-26(33)25(18(3)4)32-16-22-23(27(32)34)24(30-28(35)31(22)5)19-10-9-13-21(14-19)36-20-11-7-6-8-12-20/h6-14,17-18,24-25H,15-16H2,1-5H3,(H,29,33)(H,30,35)/t24-,25+/m0/s1. The Hall–Kier alpha value is -3.81. The molecule has 8 nitrogen and oxygen atoms in total. The van der Waals surface area contributed by atoms with E-state index in [4.69, 9.17) is 4.74 Å². The highest BCUT2D eigenvalue weighted by Crippen LogP contribution is 2.38. The summed E-state index contributed by atoms with van der Waals surface area (Å²) in [4.78, 5) is 42.9. The van der Waals surface area contributed by atoms with Crippen molar-refractivity contribution in [3.05, 3.63) is 71.4 Å². The van der Waals surface area contributed by atoms with Crippen LogP contribution in [0.5, 0.6) is 11.5 Å². The Labute approximate surface area is 212 Å². The van der Waals surface area contributed by atoms with Crippen molar-refractivity contribution in [3.63, 3.8) is 0 Å². The maximum absolute atomic E-state index is 13.8. The Morgan fingerprint density at radius 2 is 1.75 bits per heavy atom. The number of urea groups is 1. The fraction of sp³-hybridized carbons (Fsp3) is 0.393. The molecular weight excluding hydrogens is 456 g/mol. The fourth-order valence-electron chi connectivity index (χ4n) is 4.66. The zero-order valence-corrected chi connectivity index (χ0v) is 21.4. The Kier molecular flexibility index (Phi) is 7.33. The summed E-state index contributed by atoms with van der Waals surface area (Å²) in [5.74, 6) is 1.07. The lowest BCUT2D eigenvalue weighted by Crippen LogP contribution is -2.52. The molecule has 0 aliphatic carbocycles. The number of rotatable bonds is 8. The third-order valence-electron chi connectivity index (χ3n) is 6.48. The van der Waals surface area contributed by atoms with E-state index in [9.17, 15) is 14.4 Å². The Morgan fingerprint density at radius 1 is 1.06 bits per heavy atom. The van der Waals surface area contributed by atoms with Gasteiger partial charge in [0.15, 0.2) is 0 Å². The minimum absolute atomic E-state index is 0.0996. The van der Waals surface area contributed by atoms with Gasteiger partial charge in [-0.05, 0) is 41.7 Å². The van der Waals surface area contributed by atoms with Crippen molar-refractivity contribution in [2.24, 2.45) is 11.8 Å². The molecule has 2 aromatic rings. The molecule has 2 aromatic carbocycles. The average Bonchev–Trinajstić information content (AvgIpc) is 3.17. The van der Waals surface area contributed by atoms with Crippen molar-refractivity contribution in [1.29, 1.82) is 0 Å². The molecule has 2 atom stereocenters. The lowest BCUT2D eigenvalue weighted by Gasteiger charge is -2.31. The largest absolute Gasteiger partial charge is 0.457 e. The van der Waals surface area contributed by atoms with E-state index in [0.29, 0.717) is 35.2 Å². The zero-order chi connectivity index (χ0) is 26.0. The van der Waals surface area contributed by atoms with Crippen molar-refractivity contribution in [2.45, 2.75) is 39.8 Å². The maximum Gasteiger partial charge on any atom is 0.322 e. The van der Waals surface area contributed by atoms with E-state index in [1.54, 1.807) is 11.9 Å². The first-order valence-electron chi connectivity index (χ1n) is 12.4. The second kappa shape index (κ2) is 10.4. The van der Waals surface area contributed by atoms with E-state index < -0.39 is 12.1 Å². The van der Waals surface area contributed by atoms with Crippen molar-refractivity contribution in [1.82, 2.24) is 20.4 Å². The normalized spacial score (nSPS) is 18.5. The van der Waals surface area contributed by atoms with Crippen LogP contribution in [0.15, 0.2) is 65.9 Å². The van der Waals surface area contributed by atoms with Gasteiger partial charge in [-0.15, -0.1) is 0 Å². The summed E-state index contributed by atoms with van der Waals surface area (Å²) < 4.78 is 5.98. The first kappa shape index (κ1) is 25.3. The van der Waals surface area contributed by atoms with E-state index in [-0.39, 0.29) is 30.3 Å². The van der Waals surface area contributed by atoms with E-state index in [2.05, 4.69) is 10.6 Å². The minimum atomic E-state index is -0.646. The molecule has 0 spiro atoms. The number of carbonyl (C=O) groups excluding carboxylic acids is 3. The number of hydrogen-bond acceptors (Lipinski definition) is 4. The van der Waals surface area contributed by atoms with Gasteiger partial charge in [0.05, 0.1) is 23.9 Å². The highest BCUT2D eigenvalue weighted by Gasteiger charge is 2.47. The number of benzene rings is 2. The second-order valence-electron chi connectivity index (χ2n) is 10.1. The molecule has 4 amide bonds. The number of nitrogens with one attached hydrogen (secondary N) is 2. The third kappa shape index (κ3) is 5.08. The lowest BCUT2D eigenvalue weighted by molar-refractivity contribution is -0.138. The van der Waals surface area contributed by atoms with Crippen molar-refractivity contribution >= 4 is 17.8 Å². The fourth-order valence-corrected chi connectivity index (χ4v) is 4.66. The molecule has 0 radical (unpaired) electrons. The van der Waals surface area contributed by atoms with Gasteiger partial charge in [0.1, 0.15) is 17.5 Å². The van der Waals surface area contributed by atoms with Crippen LogP contribution in [-0.2, 0) is 9.59 Å². The summed E-state index contributed by atoms with van der Waals surface area (Å²) in [6.45, 7) is 8.65. The van der Waals surface area contributed by atoms with Crippen molar-refractivity contribution in [3.8, 4) is 11.5 Å². The molecule has 0 saturated carbocycles. The lowest BCUT2D eigenvalue weighted by atomic mass is 9.95. The molecule has 0 saturated heterocycles. The van der Waals surface area contributed by atoms with Crippen LogP contribution in [0.2, 0.25) is 0 Å². The molecule has 2 aliphatic heterocycles. The number of likely N-dealkylation sites (N-methyl/N-ethyl adjacent to an activating group) is 1. The van der Waals surface area contributed by atoms with E-state index in [1.807, 2.05) is 82.3 Å². The van der Waals surface area contributed by atoms with Crippen LogP contribution in [-0.4, -0.2) is 53.8 Å². The molecule has 2 aliphatic rings. The van der Waals surface area contributed by atoms with Gasteiger partial charge < -0.3 is 20.3 Å². The van der Waals surface area contributed by atoms with Crippen LogP contribution in [0.1, 0.15) is 39.3 Å². The van der Waals surface area contributed by atoms with Gasteiger partial charge in [0.25, 0.3) is 5.91 Å². The van der Waals surface area contributed by atoms with Gasteiger partial charge in [0.2, 0.25) is 5.91 Å². The smallest absolute Gasteiger partial charge is 0.322 e. The van der Waals surface area contributed by atoms with Crippen molar-refractivity contribution < 1.29 is 19.1 Å². The number of carbonyl (C=O) groups is 3. The first-order valence-corrected chi connectivity index (χ1v) is 12.4. The first-order chi connectivity index (χ1) is 17.2. The van der Waals surface area contributed by atoms with E-state index in [1.165, 1.54) is 4.90 Å². The quantitative estimate of drug-likeness (QED) is 0.584. The maximum atomic E-state index is 13.8. The topological polar surface area (TPSA) is 91.0 Å². The van der Waals surface area contributed by atoms with E-state index in [0.717, 1.165) is 5.56 Å². The van der Waals surface area contributed by atoms with Gasteiger partial charge in [0, 0.05) is 13.6 Å². The number of para-hydroxylation sites is 1. The zero-order valence-electron chi connectivity index (χ0n) is 21.4. The molecule has 36 heavy (non-hydrogen) atoms. The number of hydrogen-bond donors (Lipinski definition) is 2. The number of ether oxygens (including phenoxy) is 1. The highest BCUT2D eigenvalue weighted by molar-refractivity contribution is 6.03. The molecule has 190 valence electrons. The Morgan fingerprint density at radius 3 is 2.42 bits per heavy atom. The van der Waals surface area contributed by atoms with Crippen LogP contribution in [0, 0.1) is 11.8 Å². The average molecular weight is 491 g/mol. The van der Waals surface area contributed by atoms with Crippen LogP contribution in [0.25, 0.3) is 0 Å². The molecule has 0 fully saturated rings. The van der Waals surface area contributed by atoms with Crippen LogP contribution >= 0.6 is 0 Å². The molecular formula is C28H34N4O4. The van der Waals surface area contributed by atoms with Gasteiger partial charge >= 0.3 is 6.03 Å². The monoisotopic (exact) mass is 490 g/mol. The molecule has 0 unspecified atom stereocenters. The third-order valence-corrected chi connectivity index (χ3v) is 6.48. The molecule has 8 heteroatoms. The molecule has 0 bridgehead atoms. The second-order valence-corrected chi connectivity index (χ2v) is 10.1. The summed E-state index contributed by atoms with van der Waals surface area (Å²) >= 11 is 0. The molecule has 4 rings (SSSR count). The van der Waals surface area contributed by atoms with Gasteiger partial charge in [-0.1, -0.05) is 58.0 Å². The highest BCUT2D eigenvalue weighted by atomic mass is 16.5. The minimum Gasteiger partial charge on any atom is -0.457 e. The predicted molar refractivity (Wildman–Crippen MR) is 137 cm³/mol. The predicted octanol–water partition coefficient (Wildman–Crippen LogP) is 4.07. The number of nitrogens with zero attached hydrogens (tertiary/aromatic N) is 2. The summed E-state index contributed by atoms with van der Waals surface area (Å²) in [5, 5.41) is 5.93. The number of amides is 4. The SMILES string of the molecule is CC(C)CNC(=O)[C@@H](C(C)C)N1CC2=C(C1=O)[C@H](c1cccc(Oc3ccccc3)c1)NC(=O)N2C. The summed E-state index contributed by atoms with van der Waals surface area (Å²) in [6, 6.07) is 15.2. The molecule has 2 heterocycles. The van der Waals surface area contributed by atoms with Crippen LogP contribution in [0.3, 0.4) is 0 Å². The van der Waals surface area contributed by atoms with Crippen LogP contribution < -0.4 is 15.4 Å². The van der Waals surface area contributed by atoms with E-state index >= 15 is 0 Å². The van der Waals surface area contributed by atoms with Gasteiger partial charge in [-0.2, -0.15) is 0 Å². The molecule has 0 aromatic heterocycles. The van der Waals surface area contributed by atoms with Crippen LogP contribution in [0.4, 0.5) is 4.79 Å². The van der Waals surface area contributed by atoms with Crippen molar-refractivity contribution in [2.75, 3.05) is 20.1 Å². The van der Waals surface area contributed by atoms with Gasteiger partial charge in [-0.3, -0.25) is 14.5 Å². The molecule has 2 N–H and O–H groups in total.